The second kappa shape index (κ2) is 4.50. The summed E-state index contributed by atoms with van der Waals surface area (Å²) in [6.45, 7) is 0. The standard InChI is InChI=1S/C11H7ClN2O4/c12-6-2-1-3-7(4-6)14-9(11(17)18)8(5-13-14)10(15)16/h1-5H,(H,15,16)(H,17,18). The van der Waals surface area contributed by atoms with Gasteiger partial charge in [0, 0.05) is 5.02 Å². The van der Waals surface area contributed by atoms with Crippen LogP contribution in [0.25, 0.3) is 5.69 Å². The topological polar surface area (TPSA) is 92.4 Å². The van der Waals surface area contributed by atoms with Crippen LogP contribution in [0.1, 0.15) is 20.8 Å². The minimum Gasteiger partial charge on any atom is -0.478 e. The molecule has 1 aromatic heterocycles. The van der Waals surface area contributed by atoms with Crippen LogP contribution < -0.4 is 0 Å². The predicted octanol–water partition coefficient (Wildman–Crippen LogP) is 1.92. The molecule has 1 heterocycles. The number of aromatic carboxylic acids is 2. The van der Waals surface area contributed by atoms with Crippen LogP contribution in [0.3, 0.4) is 0 Å². The first-order chi connectivity index (χ1) is 8.50. The van der Waals surface area contributed by atoms with E-state index in [9.17, 15) is 9.59 Å². The van der Waals surface area contributed by atoms with E-state index in [2.05, 4.69) is 5.10 Å². The highest BCUT2D eigenvalue weighted by Crippen LogP contribution is 2.18. The Kier molecular flexibility index (Phi) is 3.03. The fourth-order valence-electron chi connectivity index (χ4n) is 1.51. The van der Waals surface area contributed by atoms with Crippen molar-refractivity contribution in [3.05, 3.63) is 46.7 Å². The maximum atomic E-state index is 11.1. The van der Waals surface area contributed by atoms with Gasteiger partial charge in [0.05, 0.1) is 11.9 Å². The first-order valence-electron chi connectivity index (χ1n) is 4.81. The van der Waals surface area contributed by atoms with Crippen molar-refractivity contribution in [2.24, 2.45) is 0 Å². The summed E-state index contributed by atoms with van der Waals surface area (Å²) in [4.78, 5) is 22.0. The van der Waals surface area contributed by atoms with Gasteiger partial charge in [-0.2, -0.15) is 5.10 Å². The number of rotatable bonds is 3. The highest BCUT2D eigenvalue weighted by molar-refractivity contribution is 6.30. The van der Waals surface area contributed by atoms with Crippen LogP contribution in [-0.2, 0) is 0 Å². The first-order valence-corrected chi connectivity index (χ1v) is 5.19. The molecule has 0 aliphatic heterocycles. The molecule has 7 heteroatoms. The van der Waals surface area contributed by atoms with E-state index in [4.69, 9.17) is 21.8 Å². The Morgan fingerprint density at radius 2 is 1.94 bits per heavy atom. The summed E-state index contributed by atoms with van der Waals surface area (Å²) in [7, 11) is 0. The molecule has 0 fully saturated rings. The van der Waals surface area contributed by atoms with Crippen molar-refractivity contribution in [1.29, 1.82) is 0 Å². The summed E-state index contributed by atoms with van der Waals surface area (Å²) in [6.07, 6.45) is 0.993. The number of halogens is 1. The van der Waals surface area contributed by atoms with Crippen LogP contribution >= 0.6 is 11.6 Å². The molecule has 0 saturated heterocycles. The minimum absolute atomic E-state index is 0.373. The lowest BCUT2D eigenvalue weighted by atomic mass is 10.2. The maximum Gasteiger partial charge on any atom is 0.355 e. The molecular weight excluding hydrogens is 260 g/mol. The van der Waals surface area contributed by atoms with E-state index in [-0.39, 0.29) is 5.56 Å². The van der Waals surface area contributed by atoms with Crippen LogP contribution in [-0.4, -0.2) is 31.9 Å². The third-order valence-corrected chi connectivity index (χ3v) is 2.49. The molecular formula is C11H7ClN2O4. The molecule has 2 rings (SSSR count). The van der Waals surface area contributed by atoms with Crippen molar-refractivity contribution >= 4 is 23.5 Å². The Balaban J connectivity index is 2.65. The van der Waals surface area contributed by atoms with Gasteiger partial charge in [-0.05, 0) is 18.2 Å². The molecule has 2 aromatic rings. The molecule has 0 bridgehead atoms. The number of hydrogen-bond donors (Lipinski definition) is 2. The Morgan fingerprint density at radius 1 is 1.22 bits per heavy atom. The van der Waals surface area contributed by atoms with Gasteiger partial charge in [-0.15, -0.1) is 0 Å². The van der Waals surface area contributed by atoms with E-state index < -0.39 is 17.6 Å². The lowest BCUT2D eigenvalue weighted by Crippen LogP contribution is -2.12. The monoisotopic (exact) mass is 266 g/mol. The van der Waals surface area contributed by atoms with Gasteiger partial charge < -0.3 is 10.2 Å². The molecule has 92 valence electrons. The fraction of sp³-hybridized carbons (Fsp3) is 0. The SMILES string of the molecule is O=C(O)c1cnn(-c2cccc(Cl)c2)c1C(=O)O. The van der Waals surface area contributed by atoms with Crippen LogP contribution in [0.2, 0.25) is 5.02 Å². The van der Waals surface area contributed by atoms with Crippen LogP contribution in [0, 0.1) is 0 Å². The largest absolute Gasteiger partial charge is 0.478 e. The number of carbonyl (C=O) groups is 2. The Bertz CT molecular complexity index is 636. The zero-order valence-corrected chi connectivity index (χ0v) is 9.63. The van der Waals surface area contributed by atoms with Gasteiger partial charge >= 0.3 is 11.9 Å². The summed E-state index contributed by atoms with van der Waals surface area (Å²) in [5, 5.41) is 22.1. The number of benzene rings is 1. The van der Waals surface area contributed by atoms with Crippen molar-refractivity contribution in [2.75, 3.05) is 0 Å². The summed E-state index contributed by atoms with van der Waals surface area (Å²) < 4.78 is 1.03. The van der Waals surface area contributed by atoms with Gasteiger partial charge in [-0.25, -0.2) is 14.3 Å². The molecule has 0 atom stereocenters. The second-order valence-electron chi connectivity index (χ2n) is 3.41. The van der Waals surface area contributed by atoms with Gasteiger partial charge in [0.1, 0.15) is 5.56 Å². The van der Waals surface area contributed by atoms with Crippen molar-refractivity contribution in [2.45, 2.75) is 0 Å². The van der Waals surface area contributed by atoms with Crippen molar-refractivity contribution in [3.63, 3.8) is 0 Å². The number of aromatic nitrogens is 2. The second-order valence-corrected chi connectivity index (χ2v) is 3.85. The summed E-state index contributed by atoms with van der Waals surface area (Å²) in [6, 6.07) is 6.31. The molecule has 0 aliphatic carbocycles. The van der Waals surface area contributed by atoms with Crippen molar-refractivity contribution in [3.8, 4) is 5.69 Å². The average Bonchev–Trinajstić information content (AvgIpc) is 2.73. The molecule has 1 aromatic carbocycles. The summed E-state index contributed by atoms with van der Waals surface area (Å²) >= 11 is 5.79. The Morgan fingerprint density at radius 3 is 2.50 bits per heavy atom. The zero-order chi connectivity index (χ0) is 13.3. The van der Waals surface area contributed by atoms with E-state index in [1.165, 1.54) is 6.07 Å². The minimum atomic E-state index is -1.37. The lowest BCUT2D eigenvalue weighted by molar-refractivity contribution is 0.0646. The summed E-state index contributed by atoms with van der Waals surface area (Å²) in [5.74, 6) is -2.72. The van der Waals surface area contributed by atoms with Crippen molar-refractivity contribution < 1.29 is 19.8 Å². The number of nitrogens with zero attached hydrogens (tertiary/aromatic N) is 2. The maximum absolute atomic E-state index is 11.1. The van der Waals surface area contributed by atoms with E-state index in [1.807, 2.05) is 0 Å². The van der Waals surface area contributed by atoms with Crippen LogP contribution in [0.4, 0.5) is 0 Å². The molecule has 18 heavy (non-hydrogen) atoms. The fourth-order valence-corrected chi connectivity index (χ4v) is 1.70. The smallest absolute Gasteiger partial charge is 0.355 e. The average molecular weight is 267 g/mol. The van der Waals surface area contributed by atoms with Gasteiger partial charge in [0.25, 0.3) is 0 Å². The molecule has 2 N–H and O–H groups in total. The third-order valence-electron chi connectivity index (χ3n) is 2.25. The van der Waals surface area contributed by atoms with Crippen LogP contribution in [0.5, 0.6) is 0 Å². The molecule has 6 nitrogen and oxygen atoms in total. The van der Waals surface area contributed by atoms with Gasteiger partial charge in [0.15, 0.2) is 5.69 Å². The first kappa shape index (κ1) is 12.1. The normalized spacial score (nSPS) is 10.3. The van der Waals surface area contributed by atoms with Gasteiger partial charge in [-0.1, -0.05) is 17.7 Å². The van der Waals surface area contributed by atoms with E-state index in [0.717, 1.165) is 10.9 Å². The molecule has 0 amide bonds. The number of carboxylic acids is 2. The molecule has 0 unspecified atom stereocenters. The lowest BCUT2D eigenvalue weighted by Gasteiger charge is -2.05. The van der Waals surface area contributed by atoms with Crippen molar-refractivity contribution in [1.82, 2.24) is 9.78 Å². The highest BCUT2D eigenvalue weighted by atomic mass is 35.5. The van der Waals surface area contributed by atoms with Gasteiger partial charge in [0.2, 0.25) is 0 Å². The quantitative estimate of drug-likeness (QED) is 0.885. The Labute approximate surface area is 106 Å². The molecule has 0 aliphatic rings. The Hall–Kier alpha value is -2.34. The molecule has 0 radical (unpaired) electrons. The third kappa shape index (κ3) is 2.05. The molecule has 0 spiro atoms. The number of hydrogen-bond acceptors (Lipinski definition) is 3. The predicted molar refractivity (Wildman–Crippen MR) is 62.5 cm³/mol. The van der Waals surface area contributed by atoms with E-state index in [1.54, 1.807) is 18.2 Å². The zero-order valence-electron chi connectivity index (χ0n) is 8.87. The highest BCUT2D eigenvalue weighted by Gasteiger charge is 2.23. The number of carboxylic acid groups (broad SMARTS) is 2. The van der Waals surface area contributed by atoms with E-state index >= 15 is 0 Å². The van der Waals surface area contributed by atoms with Gasteiger partial charge in [-0.3, -0.25) is 0 Å². The van der Waals surface area contributed by atoms with Crippen LogP contribution in [0.15, 0.2) is 30.5 Å². The molecule has 0 saturated carbocycles. The summed E-state index contributed by atoms with van der Waals surface area (Å²) in [5.41, 5.74) is -0.403. The van der Waals surface area contributed by atoms with E-state index in [0.29, 0.717) is 10.7 Å².